The highest BCUT2D eigenvalue weighted by atomic mass is 32.3. The minimum atomic E-state index is -1.36. The predicted molar refractivity (Wildman–Crippen MR) is 155 cm³/mol. The Balaban J connectivity index is 1.81. The summed E-state index contributed by atoms with van der Waals surface area (Å²) in [6.45, 7) is 13.7. The standard InChI is InChI=1S/C33H39NS/c1-32(2,3)26-15-14-16-28(25-26)34(33(4,5)6)27-21-23-31(24-22-27)35(7,29-17-10-8-11-18-29)30-19-12-9-13-20-30/h8-25H,1-7H3. The zero-order valence-corrected chi connectivity index (χ0v) is 23.1. The van der Waals surface area contributed by atoms with Crippen molar-refractivity contribution in [1.29, 1.82) is 0 Å². The Labute approximate surface area is 214 Å². The minimum Gasteiger partial charge on any atom is -0.336 e. The molecule has 4 aromatic rings. The molecule has 0 aliphatic rings. The lowest BCUT2D eigenvalue weighted by Gasteiger charge is -2.40. The van der Waals surface area contributed by atoms with Gasteiger partial charge in [0.2, 0.25) is 0 Å². The fourth-order valence-electron chi connectivity index (χ4n) is 4.70. The van der Waals surface area contributed by atoms with Crippen molar-refractivity contribution in [3.8, 4) is 0 Å². The van der Waals surface area contributed by atoms with Gasteiger partial charge in [0.15, 0.2) is 0 Å². The summed E-state index contributed by atoms with van der Waals surface area (Å²) in [5.41, 5.74) is 3.85. The second kappa shape index (κ2) is 9.59. The van der Waals surface area contributed by atoms with Crippen molar-refractivity contribution in [2.45, 2.75) is 67.2 Å². The van der Waals surface area contributed by atoms with Gasteiger partial charge in [-0.2, -0.15) is 10.0 Å². The predicted octanol–water partition coefficient (Wildman–Crippen LogP) is 9.83. The number of hydrogen-bond acceptors (Lipinski definition) is 1. The molecule has 4 aromatic carbocycles. The summed E-state index contributed by atoms with van der Waals surface area (Å²) < 4.78 is 0. The Bertz CT molecular complexity index is 1210. The molecule has 0 spiro atoms. The second-order valence-electron chi connectivity index (χ2n) is 11.3. The van der Waals surface area contributed by atoms with Crippen LogP contribution in [0.4, 0.5) is 11.4 Å². The third kappa shape index (κ3) is 5.18. The molecule has 0 bridgehead atoms. The van der Waals surface area contributed by atoms with Gasteiger partial charge in [0, 0.05) is 16.9 Å². The van der Waals surface area contributed by atoms with Crippen LogP contribution in [0.3, 0.4) is 0 Å². The number of rotatable bonds is 5. The molecular weight excluding hydrogens is 442 g/mol. The highest BCUT2D eigenvalue weighted by Gasteiger charge is 2.28. The molecule has 182 valence electrons. The lowest BCUT2D eigenvalue weighted by atomic mass is 9.86. The molecule has 0 aliphatic carbocycles. The van der Waals surface area contributed by atoms with E-state index in [9.17, 15) is 0 Å². The first-order chi connectivity index (χ1) is 16.5. The Morgan fingerprint density at radius 1 is 0.514 bits per heavy atom. The summed E-state index contributed by atoms with van der Waals surface area (Å²) >= 11 is 0. The van der Waals surface area contributed by atoms with E-state index in [1.54, 1.807) is 0 Å². The maximum absolute atomic E-state index is 2.46. The minimum absolute atomic E-state index is 0.0625. The van der Waals surface area contributed by atoms with Crippen LogP contribution < -0.4 is 4.90 Å². The molecular formula is C33H39NS. The van der Waals surface area contributed by atoms with Crippen LogP contribution in [0.2, 0.25) is 0 Å². The normalized spacial score (nSPS) is 12.9. The smallest absolute Gasteiger partial charge is 0.0418 e. The van der Waals surface area contributed by atoms with Gasteiger partial charge in [0.05, 0.1) is 0 Å². The Morgan fingerprint density at radius 3 is 1.46 bits per heavy atom. The number of benzene rings is 4. The van der Waals surface area contributed by atoms with E-state index in [-0.39, 0.29) is 11.0 Å². The monoisotopic (exact) mass is 481 g/mol. The molecule has 0 aromatic heterocycles. The van der Waals surface area contributed by atoms with Crippen molar-refractivity contribution in [1.82, 2.24) is 0 Å². The maximum Gasteiger partial charge on any atom is 0.0418 e. The first-order valence-electron chi connectivity index (χ1n) is 12.4. The molecule has 0 heterocycles. The van der Waals surface area contributed by atoms with Gasteiger partial charge in [-0.3, -0.25) is 0 Å². The van der Waals surface area contributed by atoms with Gasteiger partial charge in [-0.1, -0.05) is 69.3 Å². The van der Waals surface area contributed by atoms with Gasteiger partial charge in [0.25, 0.3) is 0 Å². The highest BCUT2D eigenvalue weighted by molar-refractivity contribution is 8.33. The molecule has 35 heavy (non-hydrogen) atoms. The van der Waals surface area contributed by atoms with Crippen LogP contribution in [-0.2, 0) is 5.41 Å². The van der Waals surface area contributed by atoms with E-state index in [1.807, 2.05) is 0 Å². The second-order valence-corrected chi connectivity index (χ2v) is 14.6. The molecule has 0 amide bonds. The zero-order valence-electron chi connectivity index (χ0n) is 22.2. The summed E-state index contributed by atoms with van der Waals surface area (Å²) in [7, 11) is -1.36. The third-order valence-electron chi connectivity index (χ3n) is 6.64. The molecule has 1 nitrogen and oxygen atoms in total. The molecule has 0 saturated carbocycles. The van der Waals surface area contributed by atoms with E-state index >= 15 is 0 Å². The molecule has 4 rings (SSSR count). The summed E-state index contributed by atoms with van der Waals surface area (Å²) in [6, 6.07) is 40.2. The summed E-state index contributed by atoms with van der Waals surface area (Å²) in [5, 5.41) is 0. The van der Waals surface area contributed by atoms with E-state index in [0.717, 1.165) is 0 Å². The highest BCUT2D eigenvalue weighted by Crippen LogP contribution is 2.65. The topological polar surface area (TPSA) is 3.24 Å². The van der Waals surface area contributed by atoms with E-state index < -0.39 is 10.0 Å². The van der Waals surface area contributed by atoms with E-state index in [1.165, 1.54) is 31.6 Å². The van der Waals surface area contributed by atoms with E-state index in [2.05, 4.69) is 162 Å². The lowest BCUT2D eigenvalue weighted by molar-refractivity contribution is 0.557. The maximum atomic E-state index is 2.46. The van der Waals surface area contributed by atoms with Crippen LogP contribution in [-0.4, -0.2) is 11.8 Å². The Kier molecular flexibility index (Phi) is 6.88. The fraction of sp³-hybridized carbons (Fsp3) is 0.273. The van der Waals surface area contributed by atoms with Crippen molar-refractivity contribution < 1.29 is 0 Å². The average molecular weight is 482 g/mol. The van der Waals surface area contributed by atoms with Crippen molar-refractivity contribution >= 4 is 21.4 Å². The van der Waals surface area contributed by atoms with Gasteiger partial charge in [-0.15, -0.1) is 0 Å². The van der Waals surface area contributed by atoms with Gasteiger partial charge in [-0.05, 0) is 113 Å². The van der Waals surface area contributed by atoms with Gasteiger partial charge < -0.3 is 4.90 Å². The average Bonchev–Trinajstić information content (AvgIpc) is 2.84. The quantitative estimate of drug-likeness (QED) is 0.274. The summed E-state index contributed by atoms with van der Waals surface area (Å²) in [5.74, 6) is 0. The Hall–Kier alpha value is -2.97. The number of hydrogen-bond donors (Lipinski definition) is 0. The molecule has 0 fully saturated rings. The van der Waals surface area contributed by atoms with Gasteiger partial charge in [-0.25, -0.2) is 0 Å². The number of anilines is 2. The summed E-state index contributed by atoms with van der Waals surface area (Å²) in [6.07, 6.45) is 2.42. The van der Waals surface area contributed by atoms with Crippen LogP contribution in [0, 0.1) is 0 Å². The molecule has 2 heteroatoms. The molecule has 0 saturated heterocycles. The molecule has 0 aliphatic heterocycles. The van der Waals surface area contributed by atoms with E-state index in [4.69, 9.17) is 0 Å². The fourth-order valence-corrected chi connectivity index (χ4v) is 7.60. The molecule has 0 unspecified atom stereocenters. The summed E-state index contributed by atoms with van der Waals surface area (Å²) in [4.78, 5) is 6.59. The van der Waals surface area contributed by atoms with Crippen LogP contribution in [0.15, 0.2) is 124 Å². The third-order valence-corrected chi connectivity index (χ3v) is 10.3. The molecule has 0 N–H and O–H groups in total. The van der Waals surface area contributed by atoms with Crippen molar-refractivity contribution in [3.05, 3.63) is 115 Å². The van der Waals surface area contributed by atoms with Crippen LogP contribution in [0.25, 0.3) is 0 Å². The largest absolute Gasteiger partial charge is 0.336 e. The number of nitrogens with zero attached hydrogens (tertiary/aromatic N) is 1. The SMILES string of the molecule is CC(C)(C)c1cccc(N(c2ccc(S(C)(c3ccccc3)c3ccccc3)cc2)C(C)(C)C)c1. The van der Waals surface area contributed by atoms with Crippen molar-refractivity contribution in [3.63, 3.8) is 0 Å². The zero-order chi connectivity index (χ0) is 25.3. The van der Waals surface area contributed by atoms with E-state index in [0.29, 0.717) is 0 Å². The molecule has 0 atom stereocenters. The Morgan fingerprint density at radius 2 is 1.00 bits per heavy atom. The van der Waals surface area contributed by atoms with Gasteiger partial charge >= 0.3 is 0 Å². The van der Waals surface area contributed by atoms with Crippen molar-refractivity contribution in [2.75, 3.05) is 11.2 Å². The lowest BCUT2D eigenvalue weighted by Crippen LogP contribution is -2.37. The van der Waals surface area contributed by atoms with Crippen LogP contribution in [0.1, 0.15) is 47.1 Å². The first kappa shape index (κ1) is 25.1. The van der Waals surface area contributed by atoms with Gasteiger partial charge in [0.1, 0.15) is 0 Å². The van der Waals surface area contributed by atoms with Crippen molar-refractivity contribution in [2.24, 2.45) is 0 Å². The first-order valence-corrected chi connectivity index (χ1v) is 14.4. The van der Waals surface area contributed by atoms with Crippen LogP contribution in [0.5, 0.6) is 0 Å². The molecule has 0 radical (unpaired) electrons. The van der Waals surface area contributed by atoms with Crippen LogP contribution >= 0.6 is 10.0 Å².